The second kappa shape index (κ2) is 7.62. The number of nitrogens with two attached hydrogens (primary N) is 1. The van der Waals surface area contributed by atoms with Crippen molar-refractivity contribution in [3.8, 4) is 5.75 Å². The molecule has 112 valence electrons. The lowest BCUT2D eigenvalue weighted by Gasteiger charge is -2.26. The number of hydrogen-bond acceptors (Lipinski definition) is 4. The molecule has 0 aliphatic carbocycles. The molecule has 1 fully saturated rings. The summed E-state index contributed by atoms with van der Waals surface area (Å²) in [6.07, 6.45) is 2.52. The van der Waals surface area contributed by atoms with Gasteiger partial charge in [0.2, 0.25) is 0 Å². The van der Waals surface area contributed by atoms with Gasteiger partial charge in [0, 0.05) is 25.7 Å². The summed E-state index contributed by atoms with van der Waals surface area (Å²) in [5.74, 6) is 0.919. The molecular formula is C16H26N2O2. The van der Waals surface area contributed by atoms with Crippen LogP contribution in [0.4, 0.5) is 0 Å². The Morgan fingerprint density at radius 1 is 1.35 bits per heavy atom. The van der Waals surface area contributed by atoms with Crippen LogP contribution in [-0.4, -0.2) is 43.9 Å². The highest BCUT2D eigenvalue weighted by molar-refractivity contribution is 5.26. The molecule has 20 heavy (non-hydrogen) atoms. The maximum Gasteiger partial charge on any atom is 0.119 e. The van der Waals surface area contributed by atoms with E-state index < -0.39 is 0 Å². The van der Waals surface area contributed by atoms with Gasteiger partial charge in [-0.2, -0.15) is 0 Å². The molecule has 1 aliphatic heterocycles. The molecule has 0 bridgehead atoms. The molecular weight excluding hydrogens is 252 g/mol. The van der Waals surface area contributed by atoms with Crippen LogP contribution in [0.3, 0.4) is 0 Å². The summed E-state index contributed by atoms with van der Waals surface area (Å²) in [5.41, 5.74) is 6.70. The highest BCUT2D eigenvalue weighted by Crippen LogP contribution is 2.18. The Balaban J connectivity index is 1.65. The normalized spacial score (nSPS) is 22.4. The first-order chi connectivity index (χ1) is 9.70. The van der Waals surface area contributed by atoms with Crippen molar-refractivity contribution in [3.63, 3.8) is 0 Å². The third-order valence-electron chi connectivity index (χ3n) is 3.99. The van der Waals surface area contributed by atoms with E-state index in [0.29, 0.717) is 18.7 Å². The summed E-state index contributed by atoms with van der Waals surface area (Å²) in [7, 11) is 2.17. The zero-order valence-corrected chi connectivity index (χ0v) is 12.5. The number of likely N-dealkylation sites (N-methyl/N-ethyl adjacent to an activating group) is 1. The SMILES string of the molecule is CC1OCCC1N(C)CCCOc1ccc(CN)cc1. The molecule has 2 unspecified atom stereocenters. The third kappa shape index (κ3) is 4.20. The molecule has 1 saturated heterocycles. The average Bonchev–Trinajstić information content (AvgIpc) is 2.90. The smallest absolute Gasteiger partial charge is 0.119 e. The predicted molar refractivity (Wildman–Crippen MR) is 80.9 cm³/mol. The van der Waals surface area contributed by atoms with E-state index in [2.05, 4.69) is 18.9 Å². The first-order valence-electron chi connectivity index (χ1n) is 7.44. The van der Waals surface area contributed by atoms with E-state index in [1.165, 1.54) is 0 Å². The van der Waals surface area contributed by atoms with Gasteiger partial charge in [-0.1, -0.05) is 12.1 Å². The van der Waals surface area contributed by atoms with E-state index >= 15 is 0 Å². The monoisotopic (exact) mass is 278 g/mol. The number of hydrogen-bond donors (Lipinski definition) is 1. The van der Waals surface area contributed by atoms with Crippen LogP contribution < -0.4 is 10.5 Å². The van der Waals surface area contributed by atoms with Crippen molar-refractivity contribution in [2.24, 2.45) is 5.73 Å². The first-order valence-corrected chi connectivity index (χ1v) is 7.44. The lowest BCUT2D eigenvalue weighted by molar-refractivity contribution is 0.0818. The number of rotatable bonds is 7. The van der Waals surface area contributed by atoms with Gasteiger partial charge in [-0.05, 0) is 44.5 Å². The molecule has 2 N–H and O–H groups in total. The maximum atomic E-state index is 5.75. The lowest BCUT2D eigenvalue weighted by Crippen LogP contribution is -2.37. The number of ether oxygens (including phenoxy) is 2. The van der Waals surface area contributed by atoms with Crippen molar-refractivity contribution in [2.75, 3.05) is 26.8 Å². The minimum Gasteiger partial charge on any atom is -0.494 e. The van der Waals surface area contributed by atoms with Crippen LogP contribution in [0.1, 0.15) is 25.3 Å². The van der Waals surface area contributed by atoms with Gasteiger partial charge >= 0.3 is 0 Å². The highest BCUT2D eigenvalue weighted by Gasteiger charge is 2.27. The number of benzene rings is 1. The Kier molecular flexibility index (Phi) is 5.83. The Hall–Kier alpha value is -1.10. The van der Waals surface area contributed by atoms with Crippen LogP contribution in [0.2, 0.25) is 0 Å². The molecule has 0 radical (unpaired) electrons. The highest BCUT2D eigenvalue weighted by atomic mass is 16.5. The summed E-state index contributed by atoms with van der Waals surface area (Å²) in [5, 5.41) is 0. The summed E-state index contributed by atoms with van der Waals surface area (Å²) in [6.45, 7) is 5.41. The standard InChI is InChI=1S/C16H26N2O2/c1-13-16(8-11-19-13)18(2)9-3-10-20-15-6-4-14(12-17)5-7-15/h4-7,13,16H,3,8-12,17H2,1-2H3. The molecule has 0 amide bonds. The van der Waals surface area contributed by atoms with Crippen LogP contribution in [-0.2, 0) is 11.3 Å². The Morgan fingerprint density at radius 2 is 2.10 bits per heavy atom. The topological polar surface area (TPSA) is 47.7 Å². The van der Waals surface area contributed by atoms with Crippen molar-refractivity contribution in [2.45, 2.75) is 38.5 Å². The molecule has 1 aliphatic rings. The maximum absolute atomic E-state index is 5.75. The van der Waals surface area contributed by atoms with E-state index in [1.807, 2.05) is 24.3 Å². The molecule has 2 rings (SSSR count). The van der Waals surface area contributed by atoms with Gasteiger partial charge in [0.1, 0.15) is 5.75 Å². The molecule has 2 atom stereocenters. The van der Waals surface area contributed by atoms with Gasteiger partial charge in [-0.15, -0.1) is 0 Å². The largest absolute Gasteiger partial charge is 0.494 e. The zero-order chi connectivity index (χ0) is 14.4. The zero-order valence-electron chi connectivity index (χ0n) is 12.5. The molecule has 4 heteroatoms. The summed E-state index contributed by atoms with van der Waals surface area (Å²) in [4.78, 5) is 2.39. The van der Waals surface area contributed by atoms with Crippen molar-refractivity contribution >= 4 is 0 Å². The molecule has 0 spiro atoms. The van der Waals surface area contributed by atoms with Crippen molar-refractivity contribution < 1.29 is 9.47 Å². The lowest BCUT2D eigenvalue weighted by atomic mass is 10.1. The second-order valence-electron chi connectivity index (χ2n) is 5.46. The predicted octanol–water partition coefficient (Wildman–Crippen LogP) is 2.02. The Labute approximate surface area is 121 Å². The fraction of sp³-hybridized carbons (Fsp3) is 0.625. The minimum atomic E-state index is 0.352. The van der Waals surface area contributed by atoms with E-state index in [0.717, 1.165) is 43.9 Å². The summed E-state index contributed by atoms with van der Waals surface area (Å²) in [6, 6.07) is 8.55. The van der Waals surface area contributed by atoms with Crippen LogP contribution in [0.25, 0.3) is 0 Å². The Bertz CT molecular complexity index is 394. The van der Waals surface area contributed by atoms with Gasteiger partial charge in [0.25, 0.3) is 0 Å². The van der Waals surface area contributed by atoms with E-state index in [-0.39, 0.29) is 0 Å². The van der Waals surface area contributed by atoms with Crippen LogP contribution in [0, 0.1) is 0 Å². The molecule has 0 saturated carbocycles. The number of nitrogens with zero attached hydrogens (tertiary/aromatic N) is 1. The fourth-order valence-corrected chi connectivity index (χ4v) is 2.69. The first kappa shape index (κ1) is 15.3. The molecule has 0 aromatic heterocycles. The average molecular weight is 278 g/mol. The van der Waals surface area contributed by atoms with Gasteiger partial charge in [0.15, 0.2) is 0 Å². The van der Waals surface area contributed by atoms with Gasteiger partial charge in [-0.3, -0.25) is 0 Å². The van der Waals surface area contributed by atoms with Gasteiger partial charge < -0.3 is 20.1 Å². The summed E-state index contributed by atoms with van der Waals surface area (Å²) < 4.78 is 11.3. The van der Waals surface area contributed by atoms with Crippen LogP contribution in [0.15, 0.2) is 24.3 Å². The molecule has 4 nitrogen and oxygen atoms in total. The molecule has 1 heterocycles. The minimum absolute atomic E-state index is 0.352. The van der Waals surface area contributed by atoms with Crippen molar-refractivity contribution in [3.05, 3.63) is 29.8 Å². The van der Waals surface area contributed by atoms with Crippen LogP contribution >= 0.6 is 0 Å². The van der Waals surface area contributed by atoms with E-state index in [1.54, 1.807) is 0 Å². The van der Waals surface area contributed by atoms with E-state index in [9.17, 15) is 0 Å². The van der Waals surface area contributed by atoms with Gasteiger partial charge in [-0.25, -0.2) is 0 Å². The quantitative estimate of drug-likeness (QED) is 0.775. The third-order valence-corrected chi connectivity index (χ3v) is 3.99. The van der Waals surface area contributed by atoms with E-state index in [4.69, 9.17) is 15.2 Å². The molecule has 1 aromatic carbocycles. The van der Waals surface area contributed by atoms with Crippen LogP contribution in [0.5, 0.6) is 5.75 Å². The fourth-order valence-electron chi connectivity index (χ4n) is 2.69. The second-order valence-corrected chi connectivity index (χ2v) is 5.46. The Morgan fingerprint density at radius 3 is 2.70 bits per heavy atom. The van der Waals surface area contributed by atoms with Gasteiger partial charge in [0.05, 0.1) is 12.7 Å². The van der Waals surface area contributed by atoms with Crippen molar-refractivity contribution in [1.29, 1.82) is 0 Å². The van der Waals surface area contributed by atoms with Crippen molar-refractivity contribution in [1.82, 2.24) is 4.90 Å². The molecule has 1 aromatic rings. The summed E-state index contributed by atoms with van der Waals surface area (Å²) >= 11 is 0.